The fraction of sp³-hybridized carbons (Fsp3) is 0.0625. The molecule has 0 aliphatic carbocycles. The van der Waals surface area contributed by atoms with Crippen molar-refractivity contribution in [1.29, 1.82) is 5.26 Å². The molecule has 1 N–H and O–H groups in total. The number of nitrogens with zero attached hydrogens (tertiary/aromatic N) is 1. The topological polar surface area (TPSA) is 87.4 Å². The van der Waals surface area contributed by atoms with Gasteiger partial charge in [0.15, 0.2) is 11.5 Å². The van der Waals surface area contributed by atoms with Gasteiger partial charge in [0.25, 0.3) is 0 Å². The largest absolute Gasteiger partial charge is 0.503 e. The quantitative estimate of drug-likeness (QED) is 0.658. The summed E-state index contributed by atoms with van der Waals surface area (Å²) in [6.45, 7) is 0. The average molecular weight is 463 g/mol. The number of ether oxygens (including phenoxy) is 1. The summed E-state index contributed by atoms with van der Waals surface area (Å²) in [5.41, 5.74) is 0.333. The summed E-state index contributed by atoms with van der Waals surface area (Å²) >= 11 is 14.9. The maximum atomic E-state index is 12.7. The Balaban J connectivity index is 2.64. The molecule has 0 bridgehead atoms. The number of phenolic OH excluding ortho intramolecular Hbond substituents is 1. The Labute approximate surface area is 163 Å². The van der Waals surface area contributed by atoms with Crippen LogP contribution in [0.5, 0.6) is 11.5 Å². The average Bonchev–Trinajstić information content (AvgIpc) is 2.57. The van der Waals surface area contributed by atoms with E-state index < -0.39 is 14.7 Å². The Morgan fingerprint density at radius 3 is 2.60 bits per heavy atom. The Morgan fingerprint density at radius 1 is 1.32 bits per heavy atom. The summed E-state index contributed by atoms with van der Waals surface area (Å²) in [4.78, 5) is -0.796. The van der Waals surface area contributed by atoms with Crippen LogP contribution in [0.4, 0.5) is 0 Å². The number of rotatable bonds is 4. The maximum Gasteiger partial charge on any atom is 0.218 e. The van der Waals surface area contributed by atoms with Crippen molar-refractivity contribution in [3.05, 3.63) is 55.3 Å². The van der Waals surface area contributed by atoms with Gasteiger partial charge in [0.05, 0.1) is 21.5 Å². The molecule has 0 atom stereocenters. The van der Waals surface area contributed by atoms with Crippen molar-refractivity contribution < 1.29 is 18.3 Å². The molecule has 9 heteroatoms. The summed E-state index contributed by atoms with van der Waals surface area (Å²) in [7, 11) is -2.83. The molecule has 0 spiro atoms. The molecule has 2 rings (SSSR count). The number of sulfone groups is 1. The van der Waals surface area contributed by atoms with Gasteiger partial charge in [-0.2, -0.15) is 5.26 Å². The smallest absolute Gasteiger partial charge is 0.218 e. The van der Waals surface area contributed by atoms with Gasteiger partial charge in [0, 0.05) is 5.02 Å². The fourth-order valence-corrected chi connectivity index (χ4v) is 4.33. The minimum atomic E-state index is -4.18. The molecular weight excluding hydrogens is 453 g/mol. The molecule has 5 nitrogen and oxygen atoms in total. The van der Waals surface area contributed by atoms with Crippen LogP contribution in [-0.2, 0) is 9.84 Å². The predicted molar refractivity (Wildman–Crippen MR) is 99.6 cm³/mol. The molecule has 25 heavy (non-hydrogen) atoms. The van der Waals surface area contributed by atoms with Crippen LogP contribution in [0.1, 0.15) is 5.56 Å². The lowest BCUT2D eigenvalue weighted by Gasteiger charge is -2.08. The lowest BCUT2D eigenvalue weighted by molar-refractivity contribution is 0.372. The van der Waals surface area contributed by atoms with Gasteiger partial charge in [-0.05, 0) is 57.9 Å². The van der Waals surface area contributed by atoms with Crippen LogP contribution in [0, 0.1) is 11.3 Å². The Kier molecular flexibility index (Phi) is 6.01. The first-order valence-electron chi connectivity index (χ1n) is 6.59. The van der Waals surface area contributed by atoms with Gasteiger partial charge in [-0.15, -0.1) is 0 Å². The van der Waals surface area contributed by atoms with Crippen molar-refractivity contribution in [2.75, 3.05) is 7.11 Å². The van der Waals surface area contributed by atoms with E-state index in [2.05, 4.69) is 15.9 Å². The van der Waals surface area contributed by atoms with Crippen LogP contribution in [-0.4, -0.2) is 20.6 Å². The van der Waals surface area contributed by atoms with E-state index in [1.165, 1.54) is 37.4 Å². The fourth-order valence-electron chi connectivity index (χ4n) is 1.96. The standard InChI is InChI=1S/C16H10BrCl2NO4S/c1-24-14-6-9(5-12(17)16(14)21)4-11(8-20)25(22,23)15-7-10(18)2-3-13(15)19/h2-7,21H,1H3. The molecule has 130 valence electrons. The normalized spacial score (nSPS) is 11.9. The van der Waals surface area contributed by atoms with E-state index in [-0.39, 0.29) is 30.9 Å². The third-order valence-corrected chi connectivity index (χ3v) is 6.14. The van der Waals surface area contributed by atoms with Gasteiger partial charge in [-0.25, -0.2) is 8.42 Å². The number of hydrogen-bond acceptors (Lipinski definition) is 5. The van der Waals surface area contributed by atoms with Crippen LogP contribution < -0.4 is 4.74 Å². The number of benzene rings is 2. The minimum absolute atomic E-state index is 0.0463. The SMILES string of the molecule is COc1cc(C=C(C#N)S(=O)(=O)c2cc(Cl)ccc2Cl)cc(Br)c1O. The van der Waals surface area contributed by atoms with Gasteiger partial charge in [-0.1, -0.05) is 23.2 Å². The van der Waals surface area contributed by atoms with Crippen LogP contribution in [0.3, 0.4) is 0 Å². The maximum absolute atomic E-state index is 12.7. The molecule has 0 fully saturated rings. The number of halogens is 3. The van der Waals surface area contributed by atoms with E-state index in [1.54, 1.807) is 6.07 Å². The lowest BCUT2D eigenvalue weighted by atomic mass is 10.2. The Morgan fingerprint density at radius 2 is 2.00 bits per heavy atom. The van der Waals surface area contributed by atoms with Gasteiger partial charge in [-0.3, -0.25) is 0 Å². The number of phenols is 1. The van der Waals surface area contributed by atoms with Crippen molar-refractivity contribution in [3.63, 3.8) is 0 Å². The molecule has 0 heterocycles. The second kappa shape index (κ2) is 7.67. The summed E-state index contributed by atoms with van der Waals surface area (Å²) < 4.78 is 30.7. The molecule has 0 saturated heterocycles. The zero-order chi connectivity index (χ0) is 18.8. The number of methoxy groups -OCH3 is 1. The van der Waals surface area contributed by atoms with Crippen LogP contribution in [0.15, 0.2) is 44.6 Å². The highest BCUT2D eigenvalue weighted by atomic mass is 79.9. The summed E-state index contributed by atoms with van der Waals surface area (Å²) in [6, 6.07) is 8.47. The molecule has 0 aliphatic heterocycles. The van der Waals surface area contributed by atoms with Gasteiger partial charge in [0.1, 0.15) is 11.0 Å². The predicted octanol–water partition coefficient (Wildman–Crippen LogP) is 4.81. The van der Waals surface area contributed by atoms with E-state index in [0.29, 0.717) is 5.56 Å². The molecule has 0 aliphatic rings. The van der Waals surface area contributed by atoms with Gasteiger partial charge in [0.2, 0.25) is 9.84 Å². The summed E-state index contributed by atoms with van der Waals surface area (Å²) in [5.74, 6) is -0.0185. The van der Waals surface area contributed by atoms with E-state index in [9.17, 15) is 18.8 Å². The highest BCUT2D eigenvalue weighted by Gasteiger charge is 2.24. The third kappa shape index (κ3) is 4.10. The van der Waals surface area contributed by atoms with E-state index >= 15 is 0 Å². The van der Waals surface area contributed by atoms with Crippen molar-refractivity contribution in [1.82, 2.24) is 0 Å². The van der Waals surface area contributed by atoms with Gasteiger partial charge < -0.3 is 9.84 Å². The first kappa shape index (κ1) is 19.6. The molecular formula is C16H10BrCl2NO4S. The van der Waals surface area contributed by atoms with Crippen LogP contribution in [0.25, 0.3) is 6.08 Å². The molecule has 0 amide bonds. The molecule has 0 radical (unpaired) electrons. The van der Waals surface area contributed by atoms with Crippen molar-refractivity contribution in [3.8, 4) is 17.6 Å². The minimum Gasteiger partial charge on any atom is -0.503 e. The highest BCUT2D eigenvalue weighted by molar-refractivity contribution is 9.10. The number of aromatic hydroxyl groups is 1. The first-order valence-corrected chi connectivity index (χ1v) is 9.62. The Bertz CT molecular complexity index is 1010. The van der Waals surface area contributed by atoms with E-state index in [4.69, 9.17) is 27.9 Å². The molecule has 0 unspecified atom stereocenters. The third-order valence-electron chi connectivity index (χ3n) is 3.15. The molecule has 0 saturated carbocycles. The number of nitriles is 1. The number of allylic oxidation sites excluding steroid dienone is 1. The van der Waals surface area contributed by atoms with Crippen molar-refractivity contribution >= 4 is 55.0 Å². The second-order valence-corrected chi connectivity index (χ2v) is 8.34. The zero-order valence-corrected chi connectivity index (χ0v) is 16.5. The monoisotopic (exact) mass is 461 g/mol. The summed E-state index contributed by atoms with van der Waals surface area (Å²) in [6.07, 6.45) is 1.15. The van der Waals surface area contributed by atoms with Crippen LogP contribution >= 0.6 is 39.1 Å². The van der Waals surface area contributed by atoms with Gasteiger partial charge >= 0.3 is 0 Å². The zero-order valence-electron chi connectivity index (χ0n) is 12.6. The second-order valence-electron chi connectivity index (χ2n) is 4.75. The van der Waals surface area contributed by atoms with E-state index in [0.717, 1.165) is 6.08 Å². The highest BCUT2D eigenvalue weighted by Crippen LogP contribution is 2.36. The van der Waals surface area contributed by atoms with Crippen molar-refractivity contribution in [2.45, 2.75) is 4.90 Å². The molecule has 2 aromatic carbocycles. The lowest BCUT2D eigenvalue weighted by Crippen LogP contribution is -2.04. The number of hydrogen-bond donors (Lipinski definition) is 1. The first-order chi connectivity index (χ1) is 11.7. The Hall–Kier alpha value is -1.72. The van der Waals surface area contributed by atoms with Crippen LogP contribution in [0.2, 0.25) is 10.0 Å². The van der Waals surface area contributed by atoms with E-state index in [1.807, 2.05) is 0 Å². The van der Waals surface area contributed by atoms with Crippen molar-refractivity contribution in [2.24, 2.45) is 0 Å². The summed E-state index contributed by atoms with van der Waals surface area (Å²) in [5, 5.41) is 19.3. The molecule has 0 aromatic heterocycles. The molecule has 2 aromatic rings.